The third-order valence-electron chi connectivity index (χ3n) is 1.65. The summed E-state index contributed by atoms with van der Waals surface area (Å²) in [5, 5.41) is 8.89. The fourth-order valence-corrected chi connectivity index (χ4v) is 0.792. The Bertz CT molecular complexity index is 221. The maximum atomic E-state index is 8.89. The molecule has 0 unspecified atom stereocenters. The maximum Gasteiger partial charge on any atom is 0.0651 e. The topological polar surface area (TPSA) is 59.1 Å². The van der Waals surface area contributed by atoms with Gasteiger partial charge in [-0.15, -0.1) is 0 Å². The Hall–Kier alpha value is -0.930. The van der Waals surface area contributed by atoms with Crippen molar-refractivity contribution in [1.82, 2.24) is 4.98 Å². The molecular weight excluding hydrogens is 140 g/mol. The van der Waals surface area contributed by atoms with E-state index >= 15 is 0 Å². The van der Waals surface area contributed by atoms with Crippen LogP contribution in [0.15, 0.2) is 24.5 Å². The second kappa shape index (κ2) is 2.98. The van der Waals surface area contributed by atoms with Gasteiger partial charge in [0, 0.05) is 12.4 Å². The second-order valence-corrected chi connectivity index (χ2v) is 2.82. The first kappa shape index (κ1) is 8.17. The predicted molar refractivity (Wildman–Crippen MR) is 42.9 cm³/mol. The summed E-state index contributed by atoms with van der Waals surface area (Å²) < 4.78 is 0. The minimum Gasteiger partial charge on any atom is -0.394 e. The monoisotopic (exact) mass is 152 g/mol. The Morgan fingerprint density at radius 2 is 2.45 bits per heavy atom. The van der Waals surface area contributed by atoms with Crippen molar-refractivity contribution in [3.63, 3.8) is 0 Å². The quantitative estimate of drug-likeness (QED) is 0.638. The molecule has 0 saturated carbocycles. The van der Waals surface area contributed by atoms with Crippen LogP contribution in [-0.2, 0) is 5.54 Å². The van der Waals surface area contributed by atoms with E-state index in [1.165, 1.54) is 0 Å². The summed E-state index contributed by atoms with van der Waals surface area (Å²) in [7, 11) is 0. The van der Waals surface area contributed by atoms with Crippen LogP contribution in [0.5, 0.6) is 0 Å². The van der Waals surface area contributed by atoms with Gasteiger partial charge in [0.15, 0.2) is 0 Å². The first-order valence-electron chi connectivity index (χ1n) is 3.47. The minimum atomic E-state index is -0.672. The zero-order valence-corrected chi connectivity index (χ0v) is 6.49. The summed E-state index contributed by atoms with van der Waals surface area (Å²) in [6.07, 6.45) is 3.34. The Morgan fingerprint density at radius 3 is 2.91 bits per heavy atom. The van der Waals surface area contributed by atoms with Gasteiger partial charge in [0.1, 0.15) is 0 Å². The lowest BCUT2D eigenvalue weighted by Crippen LogP contribution is -2.36. The van der Waals surface area contributed by atoms with Crippen LogP contribution in [-0.4, -0.2) is 16.7 Å². The fraction of sp³-hybridized carbons (Fsp3) is 0.375. The standard InChI is InChI=1S/C8H12N2O/c1-8(9,6-11)7-3-2-4-10-5-7/h2-5,11H,6,9H2,1H3/t8-/m0/s1. The molecular formula is C8H12N2O. The molecule has 0 amide bonds. The number of nitrogens with zero attached hydrogens (tertiary/aromatic N) is 1. The van der Waals surface area contributed by atoms with Gasteiger partial charge in [0.2, 0.25) is 0 Å². The molecule has 1 heterocycles. The van der Waals surface area contributed by atoms with Crippen molar-refractivity contribution in [2.45, 2.75) is 12.5 Å². The van der Waals surface area contributed by atoms with Gasteiger partial charge in [-0.25, -0.2) is 0 Å². The summed E-state index contributed by atoms with van der Waals surface area (Å²) in [6.45, 7) is 1.70. The number of hydrogen-bond donors (Lipinski definition) is 2. The van der Waals surface area contributed by atoms with Crippen molar-refractivity contribution in [2.75, 3.05) is 6.61 Å². The van der Waals surface area contributed by atoms with Gasteiger partial charge < -0.3 is 10.8 Å². The van der Waals surface area contributed by atoms with Crippen LogP contribution in [0, 0.1) is 0 Å². The minimum absolute atomic E-state index is 0.0707. The van der Waals surface area contributed by atoms with E-state index in [0.29, 0.717) is 0 Å². The van der Waals surface area contributed by atoms with Crippen LogP contribution in [0.25, 0.3) is 0 Å². The van der Waals surface area contributed by atoms with E-state index in [4.69, 9.17) is 10.8 Å². The number of aliphatic hydroxyl groups is 1. The number of hydrogen-bond acceptors (Lipinski definition) is 3. The molecule has 60 valence electrons. The smallest absolute Gasteiger partial charge is 0.0651 e. The number of rotatable bonds is 2. The van der Waals surface area contributed by atoms with Crippen LogP contribution in [0.4, 0.5) is 0 Å². The molecule has 0 aliphatic carbocycles. The molecule has 3 N–H and O–H groups in total. The Morgan fingerprint density at radius 1 is 1.73 bits per heavy atom. The first-order valence-corrected chi connectivity index (χ1v) is 3.47. The van der Waals surface area contributed by atoms with Gasteiger partial charge in [-0.05, 0) is 18.6 Å². The van der Waals surface area contributed by atoms with E-state index < -0.39 is 5.54 Å². The first-order chi connectivity index (χ1) is 5.17. The van der Waals surface area contributed by atoms with Crippen LogP contribution in [0.3, 0.4) is 0 Å². The molecule has 0 bridgehead atoms. The van der Waals surface area contributed by atoms with Crippen LogP contribution in [0.2, 0.25) is 0 Å². The van der Waals surface area contributed by atoms with Crippen molar-refractivity contribution in [2.24, 2.45) is 5.73 Å². The lowest BCUT2D eigenvalue weighted by Gasteiger charge is -2.21. The van der Waals surface area contributed by atoms with E-state index in [1.807, 2.05) is 6.07 Å². The Balaban J connectivity index is 2.93. The van der Waals surface area contributed by atoms with Gasteiger partial charge >= 0.3 is 0 Å². The van der Waals surface area contributed by atoms with Gasteiger partial charge in [-0.2, -0.15) is 0 Å². The molecule has 0 fully saturated rings. The number of pyridine rings is 1. The predicted octanol–water partition coefficient (Wildman–Crippen LogP) is 0.248. The summed E-state index contributed by atoms with van der Waals surface area (Å²) in [5.41, 5.74) is 5.92. The fourth-order valence-electron chi connectivity index (χ4n) is 0.792. The lowest BCUT2D eigenvalue weighted by atomic mass is 9.96. The molecule has 0 spiro atoms. The highest BCUT2D eigenvalue weighted by atomic mass is 16.3. The number of nitrogens with two attached hydrogens (primary N) is 1. The molecule has 1 rings (SSSR count). The van der Waals surface area contributed by atoms with Crippen molar-refractivity contribution >= 4 is 0 Å². The molecule has 1 atom stereocenters. The zero-order chi connectivity index (χ0) is 8.32. The summed E-state index contributed by atoms with van der Waals surface area (Å²) in [4.78, 5) is 3.91. The van der Waals surface area contributed by atoms with Gasteiger partial charge in [0.25, 0.3) is 0 Å². The van der Waals surface area contributed by atoms with Gasteiger partial charge in [-0.1, -0.05) is 6.07 Å². The summed E-state index contributed by atoms with van der Waals surface area (Å²) in [6, 6.07) is 3.65. The average molecular weight is 152 g/mol. The third kappa shape index (κ3) is 1.76. The highest BCUT2D eigenvalue weighted by molar-refractivity contribution is 5.18. The largest absolute Gasteiger partial charge is 0.394 e. The molecule has 1 aromatic rings. The number of aliphatic hydroxyl groups excluding tert-OH is 1. The lowest BCUT2D eigenvalue weighted by molar-refractivity contribution is 0.210. The van der Waals surface area contributed by atoms with Crippen LogP contribution < -0.4 is 5.73 Å². The van der Waals surface area contributed by atoms with Crippen LogP contribution in [0.1, 0.15) is 12.5 Å². The van der Waals surface area contributed by atoms with Gasteiger partial charge in [0.05, 0.1) is 12.1 Å². The van der Waals surface area contributed by atoms with E-state index in [0.717, 1.165) is 5.56 Å². The molecule has 0 aromatic carbocycles. The van der Waals surface area contributed by atoms with Crippen molar-refractivity contribution in [1.29, 1.82) is 0 Å². The molecule has 0 saturated heterocycles. The second-order valence-electron chi connectivity index (χ2n) is 2.82. The van der Waals surface area contributed by atoms with Crippen molar-refractivity contribution in [3.8, 4) is 0 Å². The third-order valence-corrected chi connectivity index (χ3v) is 1.65. The molecule has 1 aromatic heterocycles. The molecule has 3 nitrogen and oxygen atoms in total. The van der Waals surface area contributed by atoms with E-state index in [-0.39, 0.29) is 6.61 Å². The number of aromatic nitrogens is 1. The highest BCUT2D eigenvalue weighted by Crippen LogP contribution is 2.14. The van der Waals surface area contributed by atoms with E-state index in [9.17, 15) is 0 Å². The SMILES string of the molecule is C[C@](N)(CO)c1cccnc1. The molecule has 3 heteroatoms. The van der Waals surface area contributed by atoms with E-state index in [1.54, 1.807) is 25.4 Å². The van der Waals surface area contributed by atoms with E-state index in [2.05, 4.69) is 4.98 Å². The normalized spacial score (nSPS) is 15.9. The molecule has 0 aliphatic heterocycles. The van der Waals surface area contributed by atoms with Crippen molar-refractivity contribution in [3.05, 3.63) is 30.1 Å². The summed E-state index contributed by atoms with van der Waals surface area (Å²) in [5.74, 6) is 0. The molecule has 11 heavy (non-hydrogen) atoms. The Labute approximate surface area is 65.9 Å². The average Bonchev–Trinajstić information content (AvgIpc) is 2.06. The maximum absolute atomic E-state index is 8.89. The highest BCUT2D eigenvalue weighted by Gasteiger charge is 2.19. The molecule has 0 radical (unpaired) electrons. The molecule has 0 aliphatic rings. The van der Waals surface area contributed by atoms with Crippen LogP contribution >= 0.6 is 0 Å². The summed E-state index contributed by atoms with van der Waals surface area (Å²) >= 11 is 0. The Kier molecular flexibility index (Phi) is 2.22. The van der Waals surface area contributed by atoms with Gasteiger partial charge in [-0.3, -0.25) is 4.98 Å². The zero-order valence-electron chi connectivity index (χ0n) is 6.49. The van der Waals surface area contributed by atoms with Crippen molar-refractivity contribution < 1.29 is 5.11 Å².